The minimum Gasteiger partial charge on any atom is -0.504 e. The van der Waals surface area contributed by atoms with Gasteiger partial charge in [-0.2, -0.15) is 0 Å². The number of hydrogen-bond acceptors (Lipinski definition) is 9. The largest absolute Gasteiger partial charge is 0.504 e. The smallest absolute Gasteiger partial charge is 0.328 e. The minimum atomic E-state index is -1.59. The highest BCUT2D eigenvalue weighted by molar-refractivity contribution is 6.44. The number of phenols is 4. The monoisotopic (exact) mass is 490 g/mol. The number of carboxylic acid groups (broad SMARTS) is 1. The van der Waals surface area contributed by atoms with E-state index in [4.69, 9.17) is 4.74 Å². The molecule has 10 heteroatoms. The highest BCUT2D eigenvalue weighted by Gasteiger charge is 2.60. The van der Waals surface area contributed by atoms with E-state index in [1.165, 1.54) is 36.4 Å². The quantitative estimate of drug-likeness (QED) is 0.243. The van der Waals surface area contributed by atoms with Gasteiger partial charge in [0.1, 0.15) is 11.9 Å². The fourth-order valence-electron chi connectivity index (χ4n) is 5.12. The van der Waals surface area contributed by atoms with Gasteiger partial charge in [0, 0.05) is 46.6 Å². The van der Waals surface area contributed by atoms with Crippen molar-refractivity contribution in [3.8, 4) is 28.7 Å². The maximum Gasteiger partial charge on any atom is 0.328 e. The number of rotatable bonds is 3. The van der Waals surface area contributed by atoms with Crippen LogP contribution in [0.25, 0.3) is 6.08 Å². The summed E-state index contributed by atoms with van der Waals surface area (Å²) in [6.45, 7) is 0. The number of aliphatic carboxylic acids is 1. The van der Waals surface area contributed by atoms with Crippen molar-refractivity contribution in [3.63, 3.8) is 0 Å². The molecule has 3 aliphatic rings. The third kappa shape index (κ3) is 3.34. The number of allylic oxidation sites excluding steroid dienone is 3. The molecule has 5 N–H and O–H groups in total. The van der Waals surface area contributed by atoms with Crippen molar-refractivity contribution in [1.29, 1.82) is 0 Å². The van der Waals surface area contributed by atoms with E-state index in [0.717, 1.165) is 18.2 Å². The molecule has 0 amide bonds. The van der Waals surface area contributed by atoms with E-state index in [9.17, 15) is 44.7 Å². The maximum absolute atomic E-state index is 13.7. The Morgan fingerprint density at radius 2 is 1.64 bits per heavy atom. The number of carbonyl (C=O) groups is 4. The number of Topliss-reactive ketones (excluding diaryl/α,β-unsaturated/α-hetero) is 2. The highest BCUT2D eigenvalue weighted by Crippen LogP contribution is 2.61. The first-order valence-electron chi connectivity index (χ1n) is 10.7. The van der Waals surface area contributed by atoms with Crippen LogP contribution in [0.2, 0.25) is 0 Å². The van der Waals surface area contributed by atoms with E-state index >= 15 is 0 Å². The van der Waals surface area contributed by atoms with Crippen LogP contribution < -0.4 is 4.74 Å². The number of ether oxygens (including phenoxy) is 1. The molecule has 0 aromatic heterocycles. The van der Waals surface area contributed by atoms with Crippen molar-refractivity contribution in [1.82, 2.24) is 0 Å². The normalized spacial score (nSPS) is 24.8. The molecule has 2 aromatic rings. The lowest BCUT2D eigenvalue weighted by Crippen LogP contribution is -2.39. The summed E-state index contributed by atoms with van der Waals surface area (Å²) >= 11 is 0. The fourth-order valence-corrected chi connectivity index (χ4v) is 5.12. The first-order valence-corrected chi connectivity index (χ1v) is 10.7. The number of carbonyl (C=O) groups excluding carboxylic acids is 3. The lowest BCUT2D eigenvalue weighted by molar-refractivity contribution is -0.136. The van der Waals surface area contributed by atoms with Crippen LogP contribution >= 0.6 is 0 Å². The molecule has 2 aliphatic carbocycles. The molecule has 3 atom stereocenters. The van der Waals surface area contributed by atoms with Crippen molar-refractivity contribution in [2.45, 2.75) is 12.5 Å². The van der Waals surface area contributed by atoms with Crippen LogP contribution in [0, 0.1) is 11.3 Å². The van der Waals surface area contributed by atoms with E-state index in [1.807, 2.05) is 0 Å². The number of hydrogen-bond donors (Lipinski definition) is 5. The van der Waals surface area contributed by atoms with Crippen LogP contribution in [-0.2, 0) is 19.2 Å². The van der Waals surface area contributed by atoms with Gasteiger partial charge < -0.3 is 30.3 Å². The Balaban J connectivity index is 1.84. The Bertz CT molecular complexity index is 1480. The van der Waals surface area contributed by atoms with E-state index in [1.54, 1.807) is 0 Å². The van der Waals surface area contributed by atoms with Crippen LogP contribution in [0.4, 0.5) is 0 Å². The van der Waals surface area contributed by atoms with Crippen molar-refractivity contribution >= 4 is 29.4 Å². The SMILES string of the molecule is O=C(O)/C=C/C12CC(=O)C(=O)C=C1C(=O)C1=Cc3cc(O)c(O)cc3O[C@@H](c3ccc(O)c(O)c3)[C@@H]12. The molecule has 2 aromatic carbocycles. The Morgan fingerprint density at radius 3 is 2.33 bits per heavy atom. The molecule has 0 spiro atoms. The lowest BCUT2D eigenvalue weighted by atomic mass is 9.65. The first-order chi connectivity index (χ1) is 17.0. The molecule has 1 fully saturated rings. The number of carboxylic acids is 1. The second-order valence-electron chi connectivity index (χ2n) is 8.81. The van der Waals surface area contributed by atoms with Gasteiger partial charge in [0.25, 0.3) is 0 Å². The standard InChI is InChI=1S/C26H18O10/c27-15-2-1-11(6-16(15)28)25-23-13(5-12-7-17(29)19(31)9-21(12)36-25)24(35)14-8-18(30)20(32)10-26(14,23)4-3-22(33)34/h1-9,23,25,27-29,31H,10H2,(H,33,34)/b4-3+/t23-,25+,26?/m1/s1. The van der Waals surface area contributed by atoms with E-state index in [-0.39, 0.29) is 28.0 Å². The molecule has 1 aliphatic heterocycles. The summed E-state index contributed by atoms with van der Waals surface area (Å²) in [6, 6.07) is 6.11. The predicted molar refractivity (Wildman–Crippen MR) is 121 cm³/mol. The number of benzene rings is 2. The zero-order valence-electron chi connectivity index (χ0n) is 18.3. The van der Waals surface area contributed by atoms with Crippen molar-refractivity contribution in [2.75, 3.05) is 0 Å². The number of aromatic hydroxyl groups is 4. The van der Waals surface area contributed by atoms with Crippen LogP contribution in [0.15, 0.2) is 59.7 Å². The van der Waals surface area contributed by atoms with Crippen LogP contribution in [0.1, 0.15) is 23.7 Å². The molecule has 36 heavy (non-hydrogen) atoms. The first kappa shape index (κ1) is 22.9. The molecular weight excluding hydrogens is 472 g/mol. The van der Waals surface area contributed by atoms with Gasteiger partial charge in [-0.25, -0.2) is 4.79 Å². The van der Waals surface area contributed by atoms with E-state index < -0.39 is 70.2 Å². The minimum absolute atomic E-state index is 0.0543. The molecule has 5 rings (SSSR count). The van der Waals surface area contributed by atoms with Crippen molar-refractivity contribution in [3.05, 3.63) is 70.8 Å². The highest BCUT2D eigenvalue weighted by atomic mass is 16.5. The van der Waals surface area contributed by atoms with Crippen LogP contribution in [-0.4, -0.2) is 48.9 Å². The molecule has 182 valence electrons. The summed E-state index contributed by atoms with van der Waals surface area (Å²) in [5, 5.41) is 49.4. The van der Waals surface area contributed by atoms with Gasteiger partial charge in [-0.1, -0.05) is 12.1 Å². The predicted octanol–water partition coefficient (Wildman–Crippen LogP) is 2.32. The summed E-state index contributed by atoms with van der Waals surface area (Å²) in [6.07, 6.45) is 2.61. The lowest BCUT2D eigenvalue weighted by Gasteiger charge is -2.38. The topological polar surface area (TPSA) is 179 Å². The number of ketones is 3. The summed E-state index contributed by atoms with van der Waals surface area (Å²) in [5.41, 5.74) is -1.14. The molecular formula is C26H18O10. The zero-order valence-corrected chi connectivity index (χ0v) is 18.3. The van der Waals surface area contributed by atoms with Gasteiger partial charge in [-0.3, -0.25) is 14.4 Å². The molecule has 1 unspecified atom stereocenters. The summed E-state index contributed by atoms with van der Waals surface area (Å²) < 4.78 is 6.21. The second kappa shape index (κ2) is 7.84. The molecule has 0 radical (unpaired) electrons. The summed E-state index contributed by atoms with van der Waals surface area (Å²) in [4.78, 5) is 50.0. The van der Waals surface area contributed by atoms with Crippen molar-refractivity contribution in [2.24, 2.45) is 11.3 Å². The average Bonchev–Trinajstić information content (AvgIpc) is 2.93. The molecule has 10 nitrogen and oxygen atoms in total. The van der Waals surface area contributed by atoms with E-state index in [0.29, 0.717) is 0 Å². The third-order valence-corrected chi connectivity index (χ3v) is 6.73. The molecule has 1 heterocycles. The fraction of sp³-hybridized carbons (Fsp3) is 0.154. The van der Waals surface area contributed by atoms with Gasteiger partial charge in [0.2, 0.25) is 11.6 Å². The van der Waals surface area contributed by atoms with Gasteiger partial charge in [-0.15, -0.1) is 0 Å². The Kier molecular flexibility index (Phi) is 4.99. The van der Waals surface area contributed by atoms with Gasteiger partial charge in [0.05, 0.1) is 0 Å². The Morgan fingerprint density at radius 1 is 0.944 bits per heavy atom. The summed E-state index contributed by atoms with van der Waals surface area (Å²) in [5.74, 6) is -6.60. The molecule has 0 bridgehead atoms. The zero-order chi connectivity index (χ0) is 25.9. The molecule has 0 saturated heterocycles. The Hall–Kier alpha value is -4.86. The Labute approximate surface area is 202 Å². The maximum atomic E-state index is 13.7. The van der Waals surface area contributed by atoms with Crippen LogP contribution in [0.3, 0.4) is 0 Å². The number of fused-ring (bicyclic) bond motifs is 4. The van der Waals surface area contributed by atoms with Crippen LogP contribution in [0.5, 0.6) is 28.7 Å². The van der Waals surface area contributed by atoms with Gasteiger partial charge in [-0.05, 0) is 35.9 Å². The summed E-state index contributed by atoms with van der Waals surface area (Å²) in [7, 11) is 0. The molecule has 1 saturated carbocycles. The van der Waals surface area contributed by atoms with Gasteiger partial charge >= 0.3 is 5.97 Å². The average molecular weight is 490 g/mol. The van der Waals surface area contributed by atoms with E-state index in [2.05, 4.69) is 0 Å². The van der Waals surface area contributed by atoms with Crippen molar-refractivity contribution < 1.29 is 49.4 Å². The third-order valence-electron chi connectivity index (χ3n) is 6.73. The van der Waals surface area contributed by atoms with Gasteiger partial charge in [0.15, 0.2) is 28.8 Å². The number of phenolic OH excluding ortho intramolecular Hbond substituents is 4. The second-order valence-corrected chi connectivity index (χ2v) is 8.81.